The maximum absolute atomic E-state index is 12.2. The number of amides is 2. The summed E-state index contributed by atoms with van der Waals surface area (Å²) in [6, 6.07) is -0.238. The second-order valence-corrected chi connectivity index (χ2v) is 6.60. The number of nitrogens with one attached hydrogen (secondary N) is 2. The quantitative estimate of drug-likeness (QED) is 0.740. The summed E-state index contributed by atoms with van der Waals surface area (Å²) in [7, 11) is 0. The molecular weight excluding hydrogens is 272 g/mol. The van der Waals surface area contributed by atoms with Gasteiger partial charge in [0.1, 0.15) is 5.54 Å². The van der Waals surface area contributed by atoms with Crippen LogP contribution in [0.3, 0.4) is 0 Å². The fourth-order valence-electron chi connectivity index (χ4n) is 3.41. The van der Waals surface area contributed by atoms with Crippen molar-refractivity contribution in [1.82, 2.24) is 10.6 Å². The lowest BCUT2D eigenvalue weighted by molar-refractivity contribution is -0.148. The predicted molar refractivity (Wildman–Crippen MR) is 78.1 cm³/mol. The Morgan fingerprint density at radius 2 is 1.86 bits per heavy atom. The minimum atomic E-state index is -1.19. The first-order valence-electron chi connectivity index (χ1n) is 7.83. The van der Waals surface area contributed by atoms with E-state index in [1.165, 1.54) is 0 Å². The van der Waals surface area contributed by atoms with Gasteiger partial charge in [0.05, 0.1) is 0 Å². The molecule has 0 aromatic heterocycles. The smallest absolute Gasteiger partial charge is 0.329 e. The van der Waals surface area contributed by atoms with Crippen LogP contribution in [0.1, 0.15) is 46.0 Å². The molecule has 1 saturated carbocycles. The lowest BCUT2D eigenvalue weighted by atomic mass is 9.80. The van der Waals surface area contributed by atoms with Crippen LogP contribution in [0.4, 0.5) is 4.79 Å². The molecule has 3 atom stereocenters. The highest BCUT2D eigenvalue weighted by atomic mass is 16.5. The molecule has 3 unspecified atom stereocenters. The summed E-state index contributed by atoms with van der Waals surface area (Å²) < 4.78 is 5.20. The molecule has 0 bridgehead atoms. The minimum absolute atomic E-state index is 0.131. The normalized spacial score (nSPS) is 32.2. The van der Waals surface area contributed by atoms with Gasteiger partial charge in [-0.05, 0) is 31.1 Å². The van der Waals surface area contributed by atoms with E-state index >= 15 is 0 Å². The van der Waals surface area contributed by atoms with Crippen molar-refractivity contribution in [2.45, 2.75) is 57.5 Å². The molecule has 6 heteroatoms. The Morgan fingerprint density at radius 1 is 1.19 bits per heavy atom. The molecular formula is C15H26N2O4. The van der Waals surface area contributed by atoms with Crippen LogP contribution in [-0.4, -0.2) is 41.9 Å². The van der Waals surface area contributed by atoms with Gasteiger partial charge < -0.3 is 20.5 Å². The molecule has 2 amide bonds. The minimum Gasteiger partial charge on any atom is -0.480 e. The fourth-order valence-corrected chi connectivity index (χ4v) is 3.41. The van der Waals surface area contributed by atoms with Crippen LogP contribution in [0.2, 0.25) is 0 Å². The van der Waals surface area contributed by atoms with Gasteiger partial charge in [0.25, 0.3) is 0 Å². The Morgan fingerprint density at radius 3 is 2.43 bits per heavy atom. The highest BCUT2D eigenvalue weighted by Crippen LogP contribution is 2.28. The first-order valence-corrected chi connectivity index (χ1v) is 7.83. The third kappa shape index (κ3) is 3.87. The Bertz CT molecular complexity index is 393. The maximum Gasteiger partial charge on any atom is 0.329 e. The number of carboxylic acid groups (broad SMARTS) is 1. The molecule has 1 aliphatic carbocycles. The van der Waals surface area contributed by atoms with E-state index in [2.05, 4.69) is 24.5 Å². The SMILES string of the molecule is CC1CCC(NC(=O)NC2(C(=O)O)CCOCC2)C(C)C1. The second-order valence-electron chi connectivity index (χ2n) is 6.60. The molecule has 1 saturated heterocycles. The number of hydrogen-bond donors (Lipinski definition) is 3. The summed E-state index contributed by atoms with van der Waals surface area (Å²) in [6.45, 7) is 5.10. The third-order valence-electron chi connectivity index (χ3n) is 4.86. The van der Waals surface area contributed by atoms with Crippen molar-refractivity contribution in [3.63, 3.8) is 0 Å². The number of carboxylic acids is 1. The molecule has 0 aromatic carbocycles. The summed E-state index contributed by atoms with van der Waals surface area (Å²) in [5.41, 5.74) is -1.19. The second kappa shape index (κ2) is 6.64. The topological polar surface area (TPSA) is 87.7 Å². The van der Waals surface area contributed by atoms with Gasteiger partial charge in [-0.1, -0.05) is 13.8 Å². The van der Waals surface area contributed by atoms with Crippen LogP contribution in [0, 0.1) is 11.8 Å². The fraction of sp³-hybridized carbons (Fsp3) is 0.867. The Labute approximate surface area is 125 Å². The van der Waals surface area contributed by atoms with E-state index in [9.17, 15) is 14.7 Å². The maximum atomic E-state index is 12.2. The van der Waals surface area contributed by atoms with Gasteiger partial charge in [-0.25, -0.2) is 9.59 Å². The zero-order chi connectivity index (χ0) is 15.5. The number of ether oxygens (including phenoxy) is 1. The lowest BCUT2D eigenvalue weighted by Crippen LogP contribution is -2.61. The number of aliphatic carboxylic acids is 1. The van der Waals surface area contributed by atoms with Crippen molar-refractivity contribution in [1.29, 1.82) is 0 Å². The molecule has 2 aliphatic rings. The summed E-state index contributed by atoms with van der Waals surface area (Å²) >= 11 is 0. The van der Waals surface area contributed by atoms with Gasteiger partial charge in [0.15, 0.2) is 0 Å². The van der Waals surface area contributed by atoms with E-state index in [4.69, 9.17) is 4.74 Å². The van der Waals surface area contributed by atoms with Gasteiger partial charge in [-0.2, -0.15) is 0 Å². The van der Waals surface area contributed by atoms with Gasteiger partial charge in [-0.3, -0.25) is 0 Å². The number of rotatable bonds is 3. The number of carbonyl (C=O) groups excluding carboxylic acids is 1. The highest BCUT2D eigenvalue weighted by molar-refractivity contribution is 5.86. The predicted octanol–water partition coefficient (Wildman–Crippen LogP) is 1.74. The van der Waals surface area contributed by atoms with Crippen LogP contribution in [0.15, 0.2) is 0 Å². The zero-order valence-corrected chi connectivity index (χ0v) is 12.9. The summed E-state index contributed by atoms with van der Waals surface area (Å²) in [5.74, 6) is 0.142. The summed E-state index contributed by atoms with van der Waals surface area (Å²) in [4.78, 5) is 23.7. The number of hydrogen-bond acceptors (Lipinski definition) is 3. The van der Waals surface area contributed by atoms with E-state index < -0.39 is 11.5 Å². The Kier molecular flexibility index (Phi) is 5.08. The van der Waals surface area contributed by atoms with Crippen molar-refractivity contribution >= 4 is 12.0 Å². The van der Waals surface area contributed by atoms with E-state index in [1.54, 1.807) is 0 Å². The lowest BCUT2D eigenvalue weighted by Gasteiger charge is -2.36. The van der Waals surface area contributed by atoms with Crippen LogP contribution >= 0.6 is 0 Å². The van der Waals surface area contributed by atoms with E-state index in [0.29, 0.717) is 37.9 Å². The van der Waals surface area contributed by atoms with Crippen LogP contribution < -0.4 is 10.6 Å². The van der Waals surface area contributed by atoms with Crippen molar-refractivity contribution in [3.8, 4) is 0 Å². The third-order valence-corrected chi connectivity index (χ3v) is 4.86. The molecule has 1 aliphatic heterocycles. The number of urea groups is 1. The van der Waals surface area contributed by atoms with Gasteiger partial charge >= 0.3 is 12.0 Å². The van der Waals surface area contributed by atoms with Gasteiger partial charge in [-0.15, -0.1) is 0 Å². The molecule has 120 valence electrons. The average molecular weight is 298 g/mol. The standard InChI is InChI=1S/C15H26N2O4/c1-10-3-4-12(11(2)9-10)16-14(20)17-15(13(18)19)5-7-21-8-6-15/h10-12H,3-9H2,1-2H3,(H,18,19)(H2,16,17,20). The molecule has 3 N–H and O–H groups in total. The monoisotopic (exact) mass is 298 g/mol. The largest absolute Gasteiger partial charge is 0.480 e. The zero-order valence-electron chi connectivity index (χ0n) is 12.9. The van der Waals surface area contributed by atoms with Gasteiger partial charge in [0, 0.05) is 32.1 Å². The Hall–Kier alpha value is -1.30. The molecule has 0 radical (unpaired) electrons. The Balaban J connectivity index is 1.92. The molecule has 0 aromatic rings. The average Bonchev–Trinajstić information content (AvgIpc) is 2.43. The van der Waals surface area contributed by atoms with E-state index in [0.717, 1.165) is 19.3 Å². The van der Waals surface area contributed by atoms with Crippen LogP contribution in [0.25, 0.3) is 0 Å². The molecule has 2 rings (SSSR count). The molecule has 2 fully saturated rings. The summed E-state index contributed by atoms with van der Waals surface area (Å²) in [5, 5.41) is 15.1. The van der Waals surface area contributed by atoms with Crippen molar-refractivity contribution in [3.05, 3.63) is 0 Å². The molecule has 6 nitrogen and oxygen atoms in total. The molecule has 1 heterocycles. The highest BCUT2D eigenvalue weighted by Gasteiger charge is 2.42. The van der Waals surface area contributed by atoms with E-state index in [-0.39, 0.29) is 12.1 Å². The van der Waals surface area contributed by atoms with Crippen molar-refractivity contribution < 1.29 is 19.4 Å². The first kappa shape index (κ1) is 16.1. The van der Waals surface area contributed by atoms with Crippen LogP contribution in [-0.2, 0) is 9.53 Å². The molecule has 0 spiro atoms. The number of carbonyl (C=O) groups is 2. The van der Waals surface area contributed by atoms with Crippen LogP contribution in [0.5, 0.6) is 0 Å². The van der Waals surface area contributed by atoms with Crippen molar-refractivity contribution in [2.75, 3.05) is 13.2 Å². The molecule has 21 heavy (non-hydrogen) atoms. The van der Waals surface area contributed by atoms with Gasteiger partial charge in [0.2, 0.25) is 0 Å². The summed E-state index contributed by atoms with van der Waals surface area (Å²) in [6.07, 6.45) is 3.79. The first-order chi connectivity index (χ1) is 9.93. The van der Waals surface area contributed by atoms with E-state index in [1.807, 2.05) is 0 Å². The van der Waals surface area contributed by atoms with Crippen molar-refractivity contribution in [2.24, 2.45) is 11.8 Å².